The number of halogens is 2. The van der Waals surface area contributed by atoms with Crippen LogP contribution >= 0.6 is 27.5 Å². The van der Waals surface area contributed by atoms with Crippen LogP contribution in [0.1, 0.15) is 37.5 Å². The summed E-state index contributed by atoms with van der Waals surface area (Å²) in [5, 5.41) is 26.2. The standard InChI is InChI=1S/C21H17BrClN7O4/c1-10-4-5-25-18(16(10)23)30-14(8-15(22)27-30)19(31)26-17-11(2)6-12(9-24)7-13(17)20(32)29(3)28-21(33)34/h4-8,28H,1-3H3,(H,26,31)(H,33,34). The second kappa shape index (κ2) is 9.90. The molecule has 0 fully saturated rings. The van der Waals surface area contributed by atoms with Crippen LogP contribution in [0.15, 0.2) is 35.1 Å². The first-order chi connectivity index (χ1) is 16.0. The third-order valence-electron chi connectivity index (χ3n) is 4.68. The molecule has 0 atom stereocenters. The van der Waals surface area contributed by atoms with Gasteiger partial charge in [-0.25, -0.2) is 19.9 Å². The van der Waals surface area contributed by atoms with Crippen molar-refractivity contribution in [2.45, 2.75) is 13.8 Å². The minimum Gasteiger partial charge on any atom is -0.464 e. The first-order valence-corrected chi connectivity index (χ1v) is 10.7. The molecular formula is C21H17BrClN7O4. The lowest BCUT2D eigenvalue weighted by atomic mass is 10.0. The Balaban J connectivity index is 2.07. The van der Waals surface area contributed by atoms with Crippen molar-refractivity contribution in [3.63, 3.8) is 0 Å². The van der Waals surface area contributed by atoms with E-state index < -0.39 is 17.9 Å². The molecule has 2 heterocycles. The topological polar surface area (TPSA) is 153 Å². The Morgan fingerprint density at radius 2 is 1.94 bits per heavy atom. The van der Waals surface area contributed by atoms with Crippen molar-refractivity contribution in [2.75, 3.05) is 12.4 Å². The fraction of sp³-hybridized carbons (Fsp3) is 0.143. The van der Waals surface area contributed by atoms with Crippen molar-refractivity contribution in [3.05, 3.63) is 68.0 Å². The number of carboxylic acid groups (broad SMARTS) is 1. The first kappa shape index (κ1) is 24.7. The molecule has 11 nitrogen and oxygen atoms in total. The van der Waals surface area contributed by atoms with Gasteiger partial charge in [0.05, 0.1) is 27.9 Å². The number of nitrogens with zero attached hydrogens (tertiary/aromatic N) is 5. The highest BCUT2D eigenvalue weighted by Gasteiger charge is 2.24. The second-order valence-corrected chi connectivity index (χ2v) is 8.28. The Morgan fingerprint density at radius 3 is 2.59 bits per heavy atom. The Kier molecular flexibility index (Phi) is 7.19. The number of amides is 3. The lowest BCUT2D eigenvalue weighted by Crippen LogP contribution is -2.43. The highest BCUT2D eigenvalue weighted by atomic mass is 79.9. The zero-order chi connectivity index (χ0) is 25.2. The fourth-order valence-electron chi connectivity index (χ4n) is 3.09. The lowest BCUT2D eigenvalue weighted by Gasteiger charge is -2.20. The van der Waals surface area contributed by atoms with E-state index in [0.717, 1.165) is 10.6 Å². The van der Waals surface area contributed by atoms with E-state index in [1.54, 1.807) is 19.9 Å². The van der Waals surface area contributed by atoms with Crippen LogP contribution in [0.4, 0.5) is 10.5 Å². The highest BCUT2D eigenvalue weighted by Crippen LogP contribution is 2.27. The normalized spacial score (nSPS) is 10.4. The average Bonchev–Trinajstić information content (AvgIpc) is 3.17. The average molecular weight is 547 g/mol. The number of benzene rings is 1. The van der Waals surface area contributed by atoms with Gasteiger partial charge in [0, 0.05) is 19.3 Å². The number of rotatable bonds is 4. The lowest BCUT2D eigenvalue weighted by molar-refractivity contribution is 0.0706. The summed E-state index contributed by atoms with van der Waals surface area (Å²) in [6, 6.07) is 7.85. The van der Waals surface area contributed by atoms with E-state index in [9.17, 15) is 19.6 Å². The molecule has 0 saturated heterocycles. The number of anilines is 1. The number of aryl methyl sites for hydroxylation is 2. The summed E-state index contributed by atoms with van der Waals surface area (Å²) in [4.78, 5) is 41.4. The molecule has 2 aromatic heterocycles. The molecule has 13 heteroatoms. The number of hydrogen-bond acceptors (Lipinski definition) is 6. The molecule has 3 aromatic rings. The Morgan fingerprint density at radius 1 is 1.24 bits per heavy atom. The van der Waals surface area contributed by atoms with Gasteiger partial charge in [-0.1, -0.05) is 11.6 Å². The summed E-state index contributed by atoms with van der Waals surface area (Å²) in [7, 11) is 1.20. The molecular weight excluding hydrogens is 530 g/mol. The van der Waals surface area contributed by atoms with Gasteiger partial charge >= 0.3 is 6.09 Å². The molecule has 3 rings (SSSR count). The molecule has 1 aromatic carbocycles. The number of hydrazine groups is 1. The third-order valence-corrected chi connectivity index (χ3v) is 5.53. The number of carbonyl (C=O) groups is 3. The number of pyridine rings is 1. The zero-order valence-corrected chi connectivity index (χ0v) is 20.4. The highest BCUT2D eigenvalue weighted by molar-refractivity contribution is 9.10. The summed E-state index contributed by atoms with van der Waals surface area (Å²) >= 11 is 9.62. The number of hydrogen-bond donors (Lipinski definition) is 3. The summed E-state index contributed by atoms with van der Waals surface area (Å²) in [6.45, 7) is 3.38. The molecule has 0 aliphatic heterocycles. The summed E-state index contributed by atoms with van der Waals surface area (Å²) < 4.78 is 1.60. The minimum atomic E-state index is -1.45. The van der Waals surface area contributed by atoms with E-state index in [4.69, 9.17) is 16.7 Å². The molecule has 0 unspecified atom stereocenters. The van der Waals surface area contributed by atoms with Crippen LogP contribution in [0.5, 0.6) is 0 Å². The van der Waals surface area contributed by atoms with E-state index in [0.29, 0.717) is 15.2 Å². The van der Waals surface area contributed by atoms with Gasteiger partial charge in [-0.15, -0.1) is 0 Å². The van der Waals surface area contributed by atoms with Crippen LogP contribution in [0.25, 0.3) is 5.82 Å². The quantitative estimate of drug-likeness (QED) is 0.422. The van der Waals surface area contributed by atoms with E-state index in [-0.39, 0.29) is 28.3 Å². The van der Waals surface area contributed by atoms with Crippen LogP contribution in [-0.2, 0) is 0 Å². The maximum absolute atomic E-state index is 13.3. The Hall–Kier alpha value is -3.95. The monoisotopic (exact) mass is 545 g/mol. The number of carbonyl (C=O) groups excluding carboxylic acids is 2. The second-order valence-electron chi connectivity index (χ2n) is 7.09. The van der Waals surface area contributed by atoms with Crippen LogP contribution < -0.4 is 10.7 Å². The summed E-state index contributed by atoms with van der Waals surface area (Å²) in [5.74, 6) is -1.19. The van der Waals surface area contributed by atoms with Crippen molar-refractivity contribution in [3.8, 4) is 11.9 Å². The minimum absolute atomic E-state index is 0.0612. The predicted molar refractivity (Wildman–Crippen MR) is 126 cm³/mol. The Labute approximate surface area is 207 Å². The van der Waals surface area contributed by atoms with Crippen LogP contribution in [0, 0.1) is 25.2 Å². The van der Waals surface area contributed by atoms with Crippen LogP contribution in [0.2, 0.25) is 5.02 Å². The van der Waals surface area contributed by atoms with Crippen molar-refractivity contribution < 1.29 is 19.5 Å². The molecule has 3 N–H and O–H groups in total. The fourth-order valence-corrected chi connectivity index (χ4v) is 3.66. The predicted octanol–water partition coefficient (Wildman–Crippen LogP) is 3.68. The van der Waals surface area contributed by atoms with Gasteiger partial charge in [-0.2, -0.15) is 10.4 Å². The summed E-state index contributed by atoms with van der Waals surface area (Å²) in [6.07, 6.45) is 0.0755. The molecule has 34 heavy (non-hydrogen) atoms. The van der Waals surface area contributed by atoms with Gasteiger partial charge in [0.1, 0.15) is 10.3 Å². The van der Waals surface area contributed by atoms with E-state index >= 15 is 0 Å². The maximum atomic E-state index is 13.3. The number of aromatic nitrogens is 3. The zero-order valence-electron chi connectivity index (χ0n) is 18.1. The van der Waals surface area contributed by atoms with Crippen molar-refractivity contribution >= 4 is 51.1 Å². The number of nitriles is 1. The van der Waals surface area contributed by atoms with Crippen LogP contribution in [-0.4, -0.2) is 49.8 Å². The molecule has 174 valence electrons. The van der Waals surface area contributed by atoms with Gasteiger partial charge in [-0.3, -0.25) is 14.6 Å². The van der Waals surface area contributed by atoms with Crippen LogP contribution in [0.3, 0.4) is 0 Å². The molecule has 0 saturated carbocycles. The van der Waals surface area contributed by atoms with E-state index in [2.05, 4.69) is 31.3 Å². The van der Waals surface area contributed by atoms with Gasteiger partial charge in [0.25, 0.3) is 11.8 Å². The van der Waals surface area contributed by atoms with Gasteiger partial charge < -0.3 is 10.4 Å². The summed E-state index contributed by atoms with van der Waals surface area (Å²) in [5.41, 5.74) is 3.29. The molecule has 0 radical (unpaired) electrons. The number of nitrogens with one attached hydrogen (secondary N) is 2. The van der Waals surface area contributed by atoms with Gasteiger partial charge in [0.2, 0.25) is 0 Å². The molecule has 0 aliphatic rings. The molecule has 0 aliphatic carbocycles. The van der Waals surface area contributed by atoms with Crippen molar-refractivity contribution in [2.24, 2.45) is 0 Å². The largest absolute Gasteiger partial charge is 0.464 e. The van der Waals surface area contributed by atoms with Gasteiger partial charge in [0.15, 0.2) is 5.82 Å². The van der Waals surface area contributed by atoms with Crippen molar-refractivity contribution in [1.82, 2.24) is 25.2 Å². The SMILES string of the molecule is Cc1ccnc(-n2nc(Br)cc2C(=O)Nc2c(C)cc(C#N)cc2C(=O)N(C)NC(=O)O)c1Cl. The maximum Gasteiger partial charge on any atom is 0.423 e. The van der Waals surface area contributed by atoms with E-state index in [1.165, 1.54) is 36.1 Å². The Bertz CT molecular complexity index is 1370. The van der Waals surface area contributed by atoms with E-state index in [1.807, 2.05) is 11.5 Å². The molecule has 3 amide bonds. The third kappa shape index (κ3) is 5.00. The molecule has 0 spiro atoms. The van der Waals surface area contributed by atoms with Gasteiger partial charge in [-0.05, 0) is 59.1 Å². The molecule has 0 bridgehead atoms. The smallest absolute Gasteiger partial charge is 0.423 e. The van der Waals surface area contributed by atoms with Crippen molar-refractivity contribution in [1.29, 1.82) is 5.26 Å². The first-order valence-electron chi connectivity index (χ1n) is 9.54.